The van der Waals surface area contributed by atoms with Crippen molar-refractivity contribution in [2.24, 2.45) is 0 Å². The van der Waals surface area contributed by atoms with E-state index in [0.29, 0.717) is 40.4 Å². The van der Waals surface area contributed by atoms with Gasteiger partial charge in [0.15, 0.2) is 23.0 Å². The maximum Gasteiger partial charge on any atom is 2.00 e. The number of nitrogens with zero attached hydrogens (tertiary/aromatic N) is 8. The molecule has 0 aliphatic carbocycles. The standard InChI is InChI=1S/C73H38Cl12N8O4.Zn/c1-2-3-19-32-94-62-54(78)46-42(50(74)58(62)82)66-86-70(46)87-67-43-47(55(79)63(59(83)51(43)75)95-39-29-16-13-26-36(39)33-20-7-4-8-21-33)72(89-67)91-69-45-49(57(81)65(61(85)53(45)77)97-41-31-18-15-28-38(41)35-24-11-6-12-25-35)73(93-69)92-68-44-48(71(88-66)90-68)56(80)64(60(84)52(44)76)96-40-30-17-14-27-37(40)34-22-9-5-10-23-34;/h4-18,20-31H,2-3,19,32H2,1H3;/q-2;+2. The number of fused-ring (bicyclic) bond motifs is 20. The number of rotatable bonds is 14. The fourth-order valence-corrected chi connectivity index (χ4v) is 15.1. The van der Waals surface area contributed by atoms with E-state index in [1.54, 1.807) is 18.2 Å². The average Bonchev–Trinajstić information content (AvgIpc) is 1.57. The summed E-state index contributed by atoms with van der Waals surface area (Å²) < 4.78 is 26.6. The Morgan fingerprint density at radius 3 is 0.939 bits per heavy atom. The summed E-state index contributed by atoms with van der Waals surface area (Å²) in [6, 6.07) is 50.9. The van der Waals surface area contributed by atoms with Crippen molar-refractivity contribution < 1.29 is 38.4 Å². The zero-order valence-electron chi connectivity index (χ0n) is 50.4. The summed E-state index contributed by atoms with van der Waals surface area (Å²) in [5, 5.41) is -0.627. The second kappa shape index (κ2) is 28.1. The van der Waals surface area contributed by atoms with Crippen LogP contribution in [-0.2, 0) is 19.5 Å². The third-order valence-corrected chi connectivity index (χ3v) is 20.9. The van der Waals surface area contributed by atoms with Crippen LogP contribution in [-0.4, -0.2) is 36.5 Å². The van der Waals surface area contributed by atoms with Gasteiger partial charge in [-0.2, -0.15) is 0 Å². The zero-order chi connectivity index (χ0) is 67.1. The van der Waals surface area contributed by atoms with Crippen LogP contribution in [0.15, 0.2) is 164 Å². The number of unbranched alkanes of at least 4 members (excludes halogenated alkanes) is 2. The first-order valence-electron chi connectivity index (χ1n) is 29.7. The van der Waals surface area contributed by atoms with Gasteiger partial charge in [0, 0.05) is 83.1 Å². The average molecular weight is 1580 g/mol. The smallest absolute Gasteiger partial charge is 0.490 e. The number of para-hydroxylation sites is 3. The van der Waals surface area contributed by atoms with E-state index in [4.69, 9.17) is 198 Å². The van der Waals surface area contributed by atoms with E-state index < -0.39 is 0 Å². The van der Waals surface area contributed by atoms with Crippen molar-refractivity contribution >= 4 is 183 Å². The van der Waals surface area contributed by atoms with Gasteiger partial charge in [0.25, 0.3) is 0 Å². The minimum absolute atomic E-state index is 0. The van der Waals surface area contributed by atoms with Crippen LogP contribution in [0, 0.1) is 0 Å². The van der Waals surface area contributed by atoms with E-state index in [0.717, 1.165) is 29.5 Å². The minimum atomic E-state index is -0.140. The Bertz CT molecular complexity index is 5520. The topological polar surface area (TPSA) is 142 Å². The van der Waals surface area contributed by atoms with Crippen LogP contribution in [0.3, 0.4) is 0 Å². The van der Waals surface area contributed by atoms with Crippen molar-refractivity contribution in [3.05, 3.63) is 224 Å². The third kappa shape index (κ3) is 11.9. The summed E-state index contributed by atoms with van der Waals surface area (Å²) in [6.45, 7) is 2.31. The normalized spacial score (nSPS) is 11.6. The maximum absolute atomic E-state index is 7.70. The first-order valence-corrected chi connectivity index (χ1v) is 34.3. The number of benzene rings is 10. The summed E-state index contributed by atoms with van der Waals surface area (Å²) in [4.78, 5) is 41.0. The number of halogens is 12. The van der Waals surface area contributed by atoms with Gasteiger partial charge in [-0.1, -0.05) is 305 Å². The number of hydrogen-bond acceptors (Lipinski definition) is 10. The monoisotopic (exact) mass is 1570 g/mol. The molecule has 10 aromatic carbocycles. The predicted molar refractivity (Wildman–Crippen MR) is 395 cm³/mol. The molecule has 98 heavy (non-hydrogen) atoms. The van der Waals surface area contributed by atoms with Gasteiger partial charge in [-0.05, 0) is 41.3 Å². The van der Waals surface area contributed by atoms with Gasteiger partial charge in [0.05, 0.1) is 70.1 Å². The quantitative estimate of drug-likeness (QED) is 0.0581. The van der Waals surface area contributed by atoms with Crippen molar-refractivity contribution in [1.29, 1.82) is 0 Å². The molecule has 5 heterocycles. The number of ether oxygens (including phenoxy) is 4. The minimum Gasteiger partial charge on any atom is -0.490 e. The van der Waals surface area contributed by atoms with E-state index >= 15 is 0 Å². The molecular weight excluding hydrogens is 1540 g/mol. The fourth-order valence-electron chi connectivity index (χ4n) is 11.6. The summed E-state index contributed by atoms with van der Waals surface area (Å²) >= 11 is 90.0. The fraction of sp³-hybridized carbons (Fsp3) is 0.0685. The van der Waals surface area contributed by atoms with Crippen molar-refractivity contribution in [2.45, 2.75) is 26.2 Å². The van der Waals surface area contributed by atoms with Gasteiger partial charge in [0.1, 0.15) is 37.3 Å². The molecule has 0 spiro atoms. The predicted octanol–water partition coefficient (Wildman–Crippen LogP) is 25.9. The molecule has 2 aliphatic rings. The van der Waals surface area contributed by atoms with Gasteiger partial charge < -0.3 is 48.9 Å². The molecule has 0 radical (unpaired) electrons. The molecule has 25 heteroatoms. The van der Waals surface area contributed by atoms with Gasteiger partial charge in [-0.25, -0.2) is 9.97 Å². The molecule has 12 nitrogen and oxygen atoms in total. The van der Waals surface area contributed by atoms with Crippen molar-refractivity contribution in [1.82, 2.24) is 39.9 Å². The molecule has 0 fully saturated rings. The molecule has 2 aliphatic heterocycles. The van der Waals surface area contributed by atoms with Crippen LogP contribution in [0.25, 0.3) is 123 Å². The number of hydrogen-bond donors (Lipinski definition) is 0. The van der Waals surface area contributed by atoms with Gasteiger partial charge in [-0.15, -0.1) is 0 Å². The molecule has 0 atom stereocenters. The van der Waals surface area contributed by atoms with E-state index in [2.05, 4.69) is 6.92 Å². The van der Waals surface area contributed by atoms with E-state index in [9.17, 15) is 0 Å². The van der Waals surface area contributed by atoms with Crippen LogP contribution in [0.1, 0.15) is 26.2 Å². The van der Waals surface area contributed by atoms with Gasteiger partial charge >= 0.3 is 19.5 Å². The molecule has 0 amide bonds. The molecule has 0 N–H and O–H groups in total. The third-order valence-electron chi connectivity index (χ3n) is 16.2. The summed E-state index contributed by atoms with van der Waals surface area (Å²) in [5.74, 6) is 0.523. The molecule has 3 aromatic heterocycles. The molecule has 0 unspecified atom stereocenters. The Kier molecular flexibility index (Phi) is 19.5. The molecule has 0 saturated carbocycles. The van der Waals surface area contributed by atoms with Crippen LogP contribution in [0.5, 0.6) is 40.2 Å². The first-order chi connectivity index (χ1) is 47.1. The Morgan fingerprint density at radius 1 is 0.296 bits per heavy atom. The SMILES string of the molecule is CCCCCOc1c(Cl)c(Cl)c2c3nc4nc(nc5[n-]c(nc6nc(nc([n-]3)c2c1Cl)-c1c(Cl)c(Cl)c(Oc2ccccc2-c2ccccc2)c(Cl)c1-6)c1c(Cl)c(Cl)c(Oc2ccccc2-c2ccccc2)c(Cl)c51)-c1c(Cl)c(Cl)c(Oc2ccccc2-c2ccccc2)c(Cl)c1-4.[Zn+2]. The van der Waals surface area contributed by atoms with E-state index in [1.807, 2.05) is 146 Å². The molecule has 8 bridgehead atoms. The summed E-state index contributed by atoms with van der Waals surface area (Å²) in [7, 11) is 0. The first kappa shape index (κ1) is 68.0. The second-order valence-corrected chi connectivity index (χ2v) is 26.6. The van der Waals surface area contributed by atoms with Crippen LogP contribution in [0.4, 0.5) is 0 Å². The largest absolute Gasteiger partial charge is 2.00 e. The Morgan fingerprint density at radius 2 is 0.582 bits per heavy atom. The summed E-state index contributed by atoms with van der Waals surface area (Å²) in [6.07, 6.45) is 2.44. The van der Waals surface area contributed by atoms with E-state index in [-0.39, 0.29) is 199 Å². The Hall–Kier alpha value is -7.14. The second-order valence-electron chi connectivity index (χ2n) is 22.0. The van der Waals surface area contributed by atoms with Crippen molar-refractivity contribution in [3.8, 4) is 119 Å². The van der Waals surface area contributed by atoms with Gasteiger partial charge in [0.2, 0.25) is 0 Å². The van der Waals surface area contributed by atoms with E-state index in [1.165, 1.54) is 0 Å². The van der Waals surface area contributed by atoms with Crippen LogP contribution < -0.4 is 28.9 Å². The molecule has 0 saturated heterocycles. The molecule has 480 valence electrons. The number of aromatic nitrogens is 8. The van der Waals surface area contributed by atoms with Gasteiger partial charge in [-0.3, -0.25) is 0 Å². The Labute approximate surface area is 631 Å². The van der Waals surface area contributed by atoms with Crippen molar-refractivity contribution in [3.63, 3.8) is 0 Å². The molecular formula is C73H38Cl12N8O4Zn. The summed E-state index contributed by atoms with van der Waals surface area (Å²) in [5.41, 5.74) is 4.52. The maximum atomic E-state index is 7.70. The molecule has 13 aromatic rings. The Balaban J connectivity index is 0.00000821. The zero-order valence-corrected chi connectivity index (χ0v) is 62.4. The van der Waals surface area contributed by atoms with Crippen LogP contribution in [0.2, 0.25) is 60.3 Å². The van der Waals surface area contributed by atoms with Crippen molar-refractivity contribution in [2.75, 3.05) is 6.61 Å². The molecule has 15 rings (SSSR count). The van der Waals surface area contributed by atoms with Crippen LogP contribution >= 0.6 is 139 Å².